The first kappa shape index (κ1) is 13.9. The number of ether oxygens (including phenoxy) is 2. The molecule has 1 aromatic rings. The summed E-state index contributed by atoms with van der Waals surface area (Å²) in [5.74, 6) is 1.22. The Morgan fingerprint density at radius 3 is 2.76 bits per heavy atom. The van der Waals surface area contributed by atoms with Crippen molar-refractivity contribution in [2.75, 3.05) is 19.8 Å². The summed E-state index contributed by atoms with van der Waals surface area (Å²) in [5.41, 5.74) is 1.58. The van der Waals surface area contributed by atoms with E-state index in [0.29, 0.717) is 30.4 Å². The van der Waals surface area contributed by atoms with Gasteiger partial charge in [-0.15, -0.1) is 0 Å². The third kappa shape index (κ3) is 5.15. The van der Waals surface area contributed by atoms with Gasteiger partial charge in [0.25, 0.3) is 0 Å². The molecule has 0 atom stereocenters. The van der Waals surface area contributed by atoms with Crippen LogP contribution in [0.1, 0.15) is 25.1 Å². The van der Waals surface area contributed by atoms with E-state index in [9.17, 15) is 0 Å². The van der Waals surface area contributed by atoms with Crippen LogP contribution in [0.4, 0.5) is 0 Å². The monoisotopic (exact) mass is 239 g/mol. The van der Waals surface area contributed by atoms with E-state index < -0.39 is 0 Å². The van der Waals surface area contributed by atoms with Crippen LogP contribution in [0.5, 0.6) is 5.75 Å². The number of hydrogen-bond acceptors (Lipinski definition) is 4. The lowest BCUT2D eigenvalue weighted by Crippen LogP contribution is -2.11. The summed E-state index contributed by atoms with van der Waals surface area (Å²) in [6.45, 7) is 7.84. The SMILES string of the molecule is Cc1cc(OCCOCC(C)C)c(CO)cn1. The van der Waals surface area contributed by atoms with Crippen molar-refractivity contribution >= 4 is 0 Å². The van der Waals surface area contributed by atoms with Gasteiger partial charge >= 0.3 is 0 Å². The van der Waals surface area contributed by atoms with Gasteiger partial charge in [-0.25, -0.2) is 0 Å². The molecule has 1 aromatic heterocycles. The van der Waals surface area contributed by atoms with Crippen molar-refractivity contribution < 1.29 is 14.6 Å². The zero-order valence-corrected chi connectivity index (χ0v) is 10.8. The molecule has 0 aliphatic heterocycles. The predicted octanol–water partition coefficient (Wildman–Crippen LogP) is 1.93. The molecule has 0 radical (unpaired) electrons. The minimum Gasteiger partial charge on any atom is -0.491 e. The molecule has 1 rings (SSSR count). The van der Waals surface area contributed by atoms with Crippen LogP contribution in [-0.4, -0.2) is 29.9 Å². The minimum atomic E-state index is -0.0601. The van der Waals surface area contributed by atoms with E-state index in [1.165, 1.54) is 0 Å². The van der Waals surface area contributed by atoms with E-state index in [4.69, 9.17) is 14.6 Å². The van der Waals surface area contributed by atoms with Crippen LogP contribution in [0.3, 0.4) is 0 Å². The Morgan fingerprint density at radius 1 is 1.35 bits per heavy atom. The molecule has 0 amide bonds. The summed E-state index contributed by atoms with van der Waals surface area (Å²) in [6.07, 6.45) is 1.64. The Labute approximate surface area is 103 Å². The van der Waals surface area contributed by atoms with E-state index >= 15 is 0 Å². The highest BCUT2D eigenvalue weighted by atomic mass is 16.5. The van der Waals surface area contributed by atoms with Crippen molar-refractivity contribution in [2.24, 2.45) is 5.92 Å². The van der Waals surface area contributed by atoms with Gasteiger partial charge in [0, 0.05) is 30.1 Å². The number of nitrogens with zero attached hydrogens (tertiary/aromatic N) is 1. The maximum absolute atomic E-state index is 9.13. The topological polar surface area (TPSA) is 51.6 Å². The summed E-state index contributed by atoms with van der Waals surface area (Å²) < 4.78 is 11.0. The summed E-state index contributed by atoms with van der Waals surface area (Å²) >= 11 is 0. The van der Waals surface area contributed by atoms with Gasteiger partial charge in [-0.05, 0) is 12.8 Å². The molecule has 0 aliphatic carbocycles. The van der Waals surface area contributed by atoms with E-state index in [-0.39, 0.29) is 6.61 Å². The molecule has 0 bridgehead atoms. The highest BCUT2D eigenvalue weighted by Crippen LogP contribution is 2.18. The molecule has 4 heteroatoms. The molecule has 0 spiro atoms. The van der Waals surface area contributed by atoms with Crippen LogP contribution in [0.15, 0.2) is 12.3 Å². The van der Waals surface area contributed by atoms with Crippen LogP contribution >= 0.6 is 0 Å². The summed E-state index contributed by atoms with van der Waals surface area (Å²) in [5, 5.41) is 9.13. The van der Waals surface area contributed by atoms with Gasteiger partial charge in [-0.2, -0.15) is 0 Å². The third-order valence-corrected chi connectivity index (χ3v) is 2.19. The Bertz CT molecular complexity index is 339. The second-order valence-corrected chi connectivity index (χ2v) is 4.41. The third-order valence-electron chi connectivity index (χ3n) is 2.19. The Balaban J connectivity index is 2.37. The highest BCUT2D eigenvalue weighted by Gasteiger charge is 2.04. The van der Waals surface area contributed by atoms with Crippen LogP contribution in [-0.2, 0) is 11.3 Å². The smallest absolute Gasteiger partial charge is 0.128 e. The van der Waals surface area contributed by atoms with Gasteiger partial charge in [-0.3, -0.25) is 4.98 Å². The Morgan fingerprint density at radius 2 is 2.12 bits per heavy atom. The number of aliphatic hydroxyl groups excluding tert-OH is 1. The lowest BCUT2D eigenvalue weighted by atomic mass is 10.2. The number of aliphatic hydroxyl groups is 1. The maximum atomic E-state index is 9.13. The van der Waals surface area contributed by atoms with Gasteiger partial charge in [0.05, 0.1) is 13.2 Å². The van der Waals surface area contributed by atoms with Crippen molar-refractivity contribution in [2.45, 2.75) is 27.4 Å². The first-order valence-electron chi connectivity index (χ1n) is 5.90. The van der Waals surface area contributed by atoms with Gasteiger partial charge in [-0.1, -0.05) is 13.8 Å². The molecule has 0 saturated heterocycles. The van der Waals surface area contributed by atoms with Crippen molar-refractivity contribution in [1.29, 1.82) is 0 Å². The second kappa shape index (κ2) is 7.25. The molecular formula is C13H21NO3. The highest BCUT2D eigenvalue weighted by molar-refractivity contribution is 5.32. The van der Waals surface area contributed by atoms with Crippen molar-refractivity contribution in [1.82, 2.24) is 4.98 Å². The fourth-order valence-electron chi connectivity index (χ4n) is 1.35. The van der Waals surface area contributed by atoms with Crippen molar-refractivity contribution in [3.63, 3.8) is 0 Å². The molecule has 0 aliphatic rings. The molecule has 0 aromatic carbocycles. The Kier molecular flexibility index (Phi) is 5.94. The fraction of sp³-hybridized carbons (Fsp3) is 0.615. The van der Waals surface area contributed by atoms with E-state index in [0.717, 1.165) is 12.3 Å². The van der Waals surface area contributed by atoms with Crippen LogP contribution in [0.25, 0.3) is 0 Å². The second-order valence-electron chi connectivity index (χ2n) is 4.41. The Hall–Kier alpha value is -1.13. The molecule has 0 fully saturated rings. The molecule has 17 heavy (non-hydrogen) atoms. The van der Waals surface area contributed by atoms with E-state index in [2.05, 4.69) is 18.8 Å². The lowest BCUT2D eigenvalue weighted by molar-refractivity contribution is 0.0811. The predicted molar refractivity (Wildman–Crippen MR) is 66.0 cm³/mol. The number of rotatable bonds is 7. The largest absolute Gasteiger partial charge is 0.491 e. The molecule has 4 nitrogen and oxygen atoms in total. The zero-order valence-electron chi connectivity index (χ0n) is 10.8. The van der Waals surface area contributed by atoms with Gasteiger partial charge in [0.2, 0.25) is 0 Å². The number of hydrogen-bond donors (Lipinski definition) is 1. The average molecular weight is 239 g/mol. The molecule has 1 N–H and O–H groups in total. The molecule has 96 valence electrons. The normalized spacial score (nSPS) is 10.9. The quantitative estimate of drug-likeness (QED) is 0.739. The van der Waals surface area contributed by atoms with Gasteiger partial charge in [0.1, 0.15) is 12.4 Å². The van der Waals surface area contributed by atoms with Crippen LogP contribution < -0.4 is 4.74 Å². The number of aryl methyl sites for hydroxylation is 1. The molecule has 0 saturated carbocycles. The van der Waals surface area contributed by atoms with E-state index in [1.54, 1.807) is 6.20 Å². The molecule has 0 unspecified atom stereocenters. The first-order chi connectivity index (χ1) is 8.13. The van der Waals surface area contributed by atoms with Crippen LogP contribution in [0, 0.1) is 12.8 Å². The summed E-state index contributed by atoms with van der Waals surface area (Å²) in [6, 6.07) is 1.83. The number of pyridine rings is 1. The lowest BCUT2D eigenvalue weighted by Gasteiger charge is -2.11. The fourth-order valence-corrected chi connectivity index (χ4v) is 1.35. The molecule has 1 heterocycles. The van der Waals surface area contributed by atoms with Crippen molar-refractivity contribution in [3.05, 3.63) is 23.5 Å². The zero-order chi connectivity index (χ0) is 12.7. The minimum absolute atomic E-state index is 0.0601. The van der Waals surface area contributed by atoms with Gasteiger partial charge < -0.3 is 14.6 Å². The van der Waals surface area contributed by atoms with Gasteiger partial charge in [0.15, 0.2) is 0 Å². The van der Waals surface area contributed by atoms with E-state index in [1.807, 2.05) is 13.0 Å². The molecular weight excluding hydrogens is 218 g/mol. The maximum Gasteiger partial charge on any atom is 0.128 e. The number of aromatic nitrogens is 1. The summed E-state index contributed by atoms with van der Waals surface area (Å²) in [7, 11) is 0. The average Bonchev–Trinajstić information content (AvgIpc) is 2.28. The summed E-state index contributed by atoms with van der Waals surface area (Å²) in [4.78, 5) is 4.11. The van der Waals surface area contributed by atoms with Crippen LogP contribution in [0.2, 0.25) is 0 Å². The van der Waals surface area contributed by atoms with Crippen molar-refractivity contribution in [3.8, 4) is 5.75 Å². The first-order valence-corrected chi connectivity index (χ1v) is 5.90. The standard InChI is InChI=1S/C13H21NO3/c1-10(2)9-16-4-5-17-13-6-11(3)14-7-12(13)8-15/h6-7,10,15H,4-5,8-9H2,1-3H3.